The van der Waals surface area contributed by atoms with Gasteiger partial charge in [0.1, 0.15) is 0 Å². The normalized spacial score (nSPS) is 18.8. The summed E-state index contributed by atoms with van der Waals surface area (Å²) in [7, 11) is 1.46. The fraction of sp³-hybridized carbons (Fsp3) is 0.562. The first-order valence-electron chi connectivity index (χ1n) is 6.74. The topological polar surface area (TPSA) is 35.5 Å². The molecule has 1 aromatic rings. The average molecular weight is 262 g/mol. The summed E-state index contributed by atoms with van der Waals surface area (Å²) in [5.74, 6) is -0.0790. The largest absolute Gasteiger partial charge is 0.469 e. The Bertz CT molecular complexity index is 461. The Morgan fingerprint density at radius 2 is 2.05 bits per heavy atom. The molecule has 1 aromatic carbocycles. The van der Waals surface area contributed by atoms with Crippen molar-refractivity contribution in [3.63, 3.8) is 0 Å². The van der Waals surface area contributed by atoms with Crippen molar-refractivity contribution in [1.29, 1.82) is 0 Å². The van der Waals surface area contributed by atoms with Crippen LogP contribution in [-0.4, -0.2) is 26.3 Å². The maximum Gasteiger partial charge on any atom is 0.310 e. The second-order valence-corrected chi connectivity index (χ2v) is 5.76. The number of ether oxygens (including phenoxy) is 2. The lowest BCUT2D eigenvalue weighted by atomic mass is 9.64. The molecule has 2 rings (SSSR count). The summed E-state index contributed by atoms with van der Waals surface area (Å²) in [5, 5.41) is 0. The number of hydrogen-bond donors (Lipinski definition) is 0. The van der Waals surface area contributed by atoms with Crippen LogP contribution in [0, 0.1) is 18.8 Å². The Hall–Kier alpha value is -1.35. The van der Waals surface area contributed by atoms with Gasteiger partial charge in [0.2, 0.25) is 0 Å². The zero-order valence-corrected chi connectivity index (χ0v) is 12.1. The molecule has 0 radical (unpaired) electrons. The summed E-state index contributed by atoms with van der Waals surface area (Å²) in [5.41, 5.74) is 2.16. The van der Waals surface area contributed by atoms with Gasteiger partial charge in [-0.05, 0) is 18.4 Å². The third-order valence-corrected chi connectivity index (χ3v) is 4.03. The molecule has 1 aliphatic rings. The molecule has 0 saturated carbocycles. The van der Waals surface area contributed by atoms with Crippen molar-refractivity contribution >= 4 is 5.97 Å². The zero-order valence-electron chi connectivity index (χ0n) is 12.1. The third kappa shape index (κ3) is 2.39. The van der Waals surface area contributed by atoms with E-state index in [0.29, 0.717) is 13.2 Å². The van der Waals surface area contributed by atoms with E-state index in [9.17, 15) is 4.79 Å². The highest BCUT2D eigenvalue weighted by atomic mass is 16.5. The lowest BCUT2D eigenvalue weighted by Gasteiger charge is -2.48. The molecule has 0 amide bonds. The number of aryl methyl sites for hydroxylation is 1. The quantitative estimate of drug-likeness (QED) is 0.783. The van der Waals surface area contributed by atoms with Crippen molar-refractivity contribution in [3.8, 4) is 0 Å². The van der Waals surface area contributed by atoms with E-state index in [1.54, 1.807) is 0 Å². The maximum absolute atomic E-state index is 12.2. The standard InChI is InChI=1S/C16H22O3/c1-11(2)14(15(17)18-4)16(9-19-10-16)13-7-5-6-12(3)8-13/h5-8,11,14H,9-10H2,1-4H3. The molecule has 1 heterocycles. The number of rotatable bonds is 4. The number of methoxy groups -OCH3 is 1. The van der Waals surface area contributed by atoms with Crippen LogP contribution in [0.1, 0.15) is 25.0 Å². The van der Waals surface area contributed by atoms with E-state index in [2.05, 4.69) is 39.0 Å². The van der Waals surface area contributed by atoms with E-state index in [0.717, 1.165) is 0 Å². The van der Waals surface area contributed by atoms with Crippen LogP contribution in [0.2, 0.25) is 0 Å². The fourth-order valence-corrected chi connectivity index (χ4v) is 3.07. The Balaban J connectivity index is 2.43. The molecule has 3 heteroatoms. The molecular formula is C16H22O3. The second kappa shape index (κ2) is 5.33. The first-order chi connectivity index (χ1) is 9.01. The number of benzene rings is 1. The maximum atomic E-state index is 12.2. The Kier molecular flexibility index (Phi) is 3.95. The van der Waals surface area contributed by atoms with Crippen LogP contribution < -0.4 is 0 Å². The number of carbonyl (C=O) groups excluding carboxylic acids is 1. The molecule has 3 nitrogen and oxygen atoms in total. The van der Waals surface area contributed by atoms with Crippen molar-refractivity contribution in [3.05, 3.63) is 35.4 Å². The van der Waals surface area contributed by atoms with Gasteiger partial charge in [-0.1, -0.05) is 43.7 Å². The molecule has 0 N–H and O–H groups in total. The van der Waals surface area contributed by atoms with Gasteiger partial charge in [-0.3, -0.25) is 4.79 Å². The van der Waals surface area contributed by atoms with Gasteiger partial charge in [0.05, 0.1) is 31.7 Å². The molecule has 0 aromatic heterocycles. The molecule has 1 aliphatic heterocycles. The van der Waals surface area contributed by atoms with Crippen molar-refractivity contribution in [2.75, 3.05) is 20.3 Å². The van der Waals surface area contributed by atoms with Crippen molar-refractivity contribution in [2.24, 2.45) is 11.8 Å². The van der Waals surface area contributed by atoms with Gasteiger partial charge in [0, 0.05) is 0 Å². The van der Waals surface area contributed by atoms with E-state index in [-0.39, 0.29) is 23.2 Å². The van der Waals surface area contributed by atoms with Crippen LogP contribution in [0.15, 0.2) is 24.3 Å². The predicted molar refractivity (Wildman–Crippen MR) is 74.0 cm³/mol. The van der Waals surface area contributed by atoms with Crippen LogP contribution in [0.3, 0.4) is 0 Å². The van der Waals surface area contributed by atoms with Crippen LogP contribution >= 0.6 is 0 Å². The number of carbonyl (C=O) groups is 1. The van der Waals surface area contributed by atoms with Gasteiger partial charge in [-0.2, -0.15) is 0 Å². The minimum atomic E-state index is -0.229. The fourth-order valence-electron chi connectivity index (χ4n) is 3.07. The molecule has 1 atom stereocenters. The number of esters is 1. The minimum absolute atomic E-state index is 0.139. The summed E-state index contributed by atoms with van der Waals surface area (Å²) in [6.07, 6.45) is 0. The lowest BCUT2D eigenvalue weighted by Crippen LogP contribution is -2.56. The van der Waals surface area contributed by atoms with Crippen LogP contribution in [-0.2, 0) is 19.7 Å². The SMILES string of the molecule is COC(=O)C(C(C)C)C1(c2cccc(C)c2)COC1. The van der Waals surface area contributed by atoms with Crippen molar-refractivity contribution in [1.82, 2.24) is 0 Å². The van der Waals surface area contributed by atoms with Gasteiger partial charge < -0.3 is 9.47 Å². The Morgan fingerprint density at radius 3 is 2.47 bits per heavy atom. The van der Waals surface area contributed by atoms with Crippen LogP contribution in [0.25, 0.3) is 0 Å². The summed E-state index contributed by atoms with van der Waals surface area (Å²) in [6.45, 7) is 7.39. The lowest BCUT2D eigenvalue weighted by molar-refractivity contribution is -0.164. The number of hydrogen-bond acceptors (Lipinski definition) is 3. The predicted octanol–water partition coefficient (Wildman–Crippen LogP) is 2.71. The molecule has 0 bridgehead atoms. The molecule has 104 valence electrons. The van der Waals surface area contributed by atoms with E-state index in [1.807, 2.05) is 6.07 Å². The molecule has 19 heavy (non-hydrogen) atoms. The summed E-state index contributed by atoms with van der Waals surface area (Å²) >= 11 is 0. The molecule has 1 saturated heterocycles. The average Bonchev–Trinajstić information content (AvgIpc) is 2.32. The highest BCUT2D eigenvalue weighted by Gasteiger charge is 2.52. The van der Waals surface area contributed by atoms with E-state index in [4.69, 9.17) is 9.47 Å². The monoisotopic (exact) mass is 262 g/mol. The zero-order chi connectivity index (χ0) is 14.0. The van der Waals surface area contributed by atoms with Gasteiger partial charge in [-0.25, -0.2) is 0 Å². The first-order valence-corrected chi connectivity index (χ1v) is 6.74. The van der Waals surface area contributed by atoms with Crippen LogP contribution in [0.4, 0.5) is 0 Å². The molecule has 1 fully saturated rings. The van der Waals surface area contributed by atoms with Gasteiger partial charge in [0.25, 0.3) is 0 Å². The first kappa shape index (κ1) is 14.1. The Morgan fingerprint density at radius 1 is 1.37 bits per heavy atom. The summed E-state index contributed by atoms with van der Waals surface area (Å²) in [6, 6.07) is 8.35. The third-order valence-electron chi connectivity index (χ3n) is 4.03. The molecule has 0 spiro atoms. The van der Waals surface area contributed by atoms with E-state index < -0.39 is 0 Å². The molecular weight excluding hydrogens is 240 g/mol. The minimum Gasteiger partial charge on any atom is -0.469 e. The van der Waals surface area contributed by atoms with E-state index in [1.165, 1.54) is 18.2 Å². The van der Waals surface area contributed by atoms with E-state index >= 15 is 0 Å². The highest BCUT2D eigenvalue weighted by Crippen LogP contribution is 2.43. The second-order valence-electron chi connectivity index (χ2n) is 5.76. The van der Waals surface area contributed by atoms with Gasteiger partial charge in [0.15, 0.2) is 0 Å². The Labute approximate surface area is 114 Å². The van der Waals surface area contributed by atoms with Gasteiger partial charge in [-0.15, -0.1) is 0 Å². The van der Waals surface area contributed by atoms with Crippen LogP contribution in [0.5, 0.6) is 0 Å². The van der Waals surface area contributed by atoms with Gasteiger partial charge >= 0.3 is 5.97 Å². The summed E-state index contributed by atoms with van der Waals surface area (Å²) < 4.78 is 10.5. The smallest absolute Gasteiger partial charge is 0.310 e. The molecule has 1 unspecified atom stereocenters. The van der Waals surface area contributed by atoms with Crippen molar-refractivity contribution in [2.45, 2.75) is 26.2 Å². The molecule has 0 aliphatic carbocycles. The highest BCUT2D eigenvalue weighted by molar-refractivity contribution is 5.75. The van der Waals surface area contributed by atoms with Crippen molar-refractivity contribution < 1.29 is 14.3 Å². The summed E-state index contributed by atoms with van der Waals surface area (Å²) in [4.78, 5) is 12.2.